The second kappa shape index (κ2) is 6.48. The van der Waals surface area contributed by atoms with E-state index in [2.05, 4.69) is 29.3 Å². The lowest BCUT2D eigenvalue weighted by Crippen LogP contribution is -2.29. The van der Waals surface area contributed by atoms with Crippen molar-refractivity contribution in [3.05, 3.63) is 11.7 Å². The van der Waals surface area contributed by atoms with Gasteiger partial charge in [-0.25, -0.2) is 0 Å². The SMILES string of the molecule is CCCC(OC)c1noc(C2(CCC)CCNC2)n1. The predicted octanol–water partition coefficient (Wildman–Crippen LogP) is 2.59. The Morgan fingerprint density at radius 3 is 2.84 bits per heavy atom. The Balaban J connectivity index is 2.18. The van der Waals surface area contributed by atoms with Gasteiger partial charge in [-0.3, -0.25) is 0 Å². The fourth-order valence-corrected chi connectivity index (χ4v) is 2.92. The Morgan fingerprint density at radius 2 is 2.26 bits per heavy atom. The first-order chi connectivity index (χ1) is 9.25. The van der Waals surface area contributed by atoms with Gasteiger partial charge in [0.05, 0.1) is 5.41 Å². The maximum absolute atomic E-state index is 5.55. The zero-order valence-corrected chi connectivity index (χ0v) is 12.2. The Kier molecular flexibility index (Phi) is 4.93. The molecule has 1 N–H and O–H groups in total. The van der Waals surface area contributed by atoms with Crippen LogP contribution < -0.4 is 5.32 Å². The van der Waals surface area contributed by atoms with Gasteiger partial charge in [-0.05, 0) is 25.8 Å². The van der Waals surface area contributed by atoms with Crippen LogP contribution in [0.5, 0.6) is 0 Å². The molecule has 1 fully saturated rings. The van der Waals surface area contributed by atoms with Gasteiger partial charge in [0.25, 0.3) is 0 Å². The second-order valence-electron chi connectivity index (χ2n) is 5.43. The molecule has 2 heterocycles. The summed E-state index contributed by atoms with van der Waals surface area (Å²) in [4.78, 5) is 4.63. The maximum Gasteiger partial charge on any atom is 0.234 e. The molecule has 1 aromatic rings. The third-order valence-corrected chi connectivity index (χ3v) is 3.99. The van der Waals surface area contributed by atoms with Crippen molar-refractivity contribution >= 4 is 0 Å². The number of hydrogen-bond donors (Lipinski definition) is 1. The Hall–Kier alpha value is -0.940. The average molecular weight is 267 g/mol. The molecule has 1 aromatic heterocycles. The number of ether oxygens (including phenoxy) is 1. The van der Waals surface area contributed by atoms with Gasteiger partial charge in [0.1, 0.15) is 6.10 Å². The Labute approximate surface area is 115 Å². The smallest absolute Gasteiger partial charge is 0.234 e. The predicted molar refractivity (Wildman–Crippen MR) is 73.0 cm³/mol. The van der Waals surface area contributed by atoms with E-state index in [9.17, 15) is 0 Å². The highest BCUT2D eigenvalue weighted by atomic mass is 16.5. The molecule has 1 aliphatic rings. The third-order valence-electron chi connectivity index (χ3n) is 3.99. The lowest BCUT2D eigenvalue weighted by Gasteiger charge is -2.22. The molecule has 0 radical (unpaired) electrons. The largest absolute Gasteiger partial charge is 0.373 e. The second-order valence-corrected chi connectivity index (χ2v) is 5.43. The monoisotopic (exact) mass is 267 g/mol. The molecule has 5 heteroatoms. The van der Waals surface area contributed by atoms with Gasteiger partial charge in [-0.15, -0.1) is 0 Å². The van der Waals surface area contributed by atoms with Crippen LogP contribution in [0.3, 0.4) is 0 Å². The molecule has 1 aliphatic heterocycles. The van der Waals surface area contributed by atoms with Gasteiger partial charge in [0, 0.05) is 13.7 Å². The van der Waals surface area contributed by atoms with Crippen LogP contribution in [-0.2, 0) is 10.2 Å². The minimum Gasteiger partial charge on any atom is -0.373 e. The summed E-state index contributed by atoms with van der Waals surface area (Å²) in [6, 6.07) is 0. The van der Waals surface area contributed by atoms with Gasteiger partial charge >= 0.3 is 0 Å². The molecule has 0 aromatic carbocycles. The normalized spacial score (nSPS) is 24.8. The van der Waals surface area contributed by atoms with Crippen molar-refractivity contribution in [1.29, 1.82) is 0 Å². The number of rotatable bonds is 7. The number of methoxy groups -OCH3 is 1. The van der Waals surface area contributed by atoms with Gasteiger partial charge in [-0.2, -0.15) is 4.98 Å². The molecule has 2 unspecified atom stereocenters. The fourth-order valence-electron chi connectivity index (χ4n) is 2.92. The van der Waals surface area contributed by atoms with Gasteiger partial charge in [0.2, 0.25) is 11.7 Å². The van der Waals surface area contributed by atoms with E-state index in [1.165, 1.54) is 0 Å². The molecule has 1 saturated heterocycles. The van der Waals surface area contributed by atoms with E-state index >= 15 is 0 Å². The standard InChI is InChI=1S/C14H25N3O2/c1-4-6-11(18-3)12-16-13(19-17-12)14(7-5-2)8-9-15-10-14/h11,15H,4-10H2,1-3H3. The van der Waals surface area contributed by atoms with Gasteiger partial charge in [-0.1, -0.05) is 31.8 Å². The summed E-state index contributed by atoms with van der Waals surface area (Å²) < 4.78 is 11.0. The van der Waals surface area contributed by atoms with Crippen LogP contribution in [0.15, 0.2) is 4.52 Å². The zero-order valence-electron chi connectivity index (χ0n) is 12.2. The first-order valence-electron chi connectivity index (χ1n) is 7.33. The van der Waals surface area contributed by atoms with Crippen LogP contribution in [0.1, 0.15) is 63.8 Å². The minimum absolute atomic E-state index is 0.0322. The molecule has 0 amide bonds. The lowest BCUT2D eigenvalue weighted by atomic mass is 9.82. The minimum atomic E-state index is -0.0458. The quantitative estimate of drug-likeness (QED) is 0.822. The lowest BCUT2D eigenvalue weighted by molar-refractivity contribution is 0.0854. The summed E-state index contributed by atoms with van der Waals surface area (Å²) in [5.41, 5.74) is 0.0322. The van der Waals surface area contributed by atoms with E-state index < -0.39 is 0 Å². The molecule has 0 saturated carbocycles. The summed E-state index contributed by atoms with van der Waals surface area (Å²) >= 11 is 0. The van der Waals surface area contributed by atoms with Crippen molar-refractivity contribution in [3.8, 4) is 0 Å². The van der Waals surface area contributed by atoms with E-state index in [0.29, 0.717) is 5.82 Å². The topological polar surface area (TPSA) is 60.2 Å². The van der Waals surface area contributed by atoms with Crippen molar-refractivity contribution < 1.29 is 9.26 Å². The fraction of sp³-hybridized carbons (Fsp3) is 0.857. The number of nitrogens with zero attached hydrogens (tertiary/aromatic N) is 2. The van der Waals surface area contributed by atoms with E-state index in [0.717, 1.165) is 51.1 Å². The summed E-state index contributed by atoms with van der Waals surface area (Å²) in [6.07, 6.45) is 5.22. The van der Waals surface area contributed by atoms with Crippen LogP contribution in [0.4, 0.5) is 0 Å². The molecule has 19 heavy (non-hydrogen) atoms. The molecule has 2 atom stereocenters. The first-order valence-corrected chi connectivity index (χ1v) is 7.33. The maximum atomic E-state index is 5.55. The van der Waals surface area contributed by atoms with Crippen LogP contribution in [0, 0.1) is 0 Å². The van der Waals surface area contributed by atoms with Gasteiger partial charge in [0.15, 0.2) is 0 Å². The summed E-state index contributed by atoms with van der Waals surface area (Å²) in [5, 5.41) is 7.55. The summed E-state index contributed by atoms with van der Waals surface area (Å²) in [5.74, 6) is 1.48. The van der Waals surface area contributed by atoms with Crippen molar-refractivity contribution in [3.63, 3.8) is 0 Å². The van der Waals surface area contributed by atoms with Crippen LogP contribution in [0.2, 0.25) is 0 Å². The van der Waals surface area contributed by atoms with Gasteiger partial charge < -0.3 is 14.6 Å². The Morgan fingerprint density at radius 1 is 1.42 bits per heavy atom. The highest BCUT2D eigenvalue weighted by molar-refractivity contribution is 5.10. The molecule has 2 rings (SSSR count). The highest BCUT2D eigenvalue weighted by Gasteiger charge is 2.40. The summed E-state index contributed by atoms with van der Waals surface area (Å²) in [6.45, 7) is 6.30. The van der Waals surface area contributed by atoms with Crippen LogP contribution >= 0.6 is 0 Å². The van der Waals surface area contributed by atoms with Crippen molar-refractivity contribution in [2.24, 2.45) is 0 Å². The van der Waals surface area contributed by atoms with E-state index in [4.69, 9.17) is 9.26 Å². The van der Waals surface area contributed by atoms with Crippen LogP contribution in [-0.4, -0.2) is 30.3 Å². The van der Waals surface area contributed by atoms with E-state index in [1.807, 2.05) is 0 Å². The Bertz CT molecular complexity index is 386. The number of hydrogen-bond acceptors (Lipinski definition) is 5. The highest BCUT2D eigenvalue weighted by Crippen LogP contribution is 2.35. The van der Waals surface area contributed by atoms with Crippen molar-refractivity contribution in [1.82, 2.24) is 15.5 Å². The molecule has 0 spiro atoms. The third kappa shape index (κ3) is 2.98. The van der Waals surface area contributed by atoms with Crippen LogP contribution in [0.25, 0.3) is 0 Å². The molecule has 108 valence electrons. The molecular weight excluding hydrogens is 242 g/mol. The van der Waals surface area contributed by atoms with E-state index in [1.54, 1.807) is 7.11 Å². The molecular formula is C14H25N3O2. The average Bonchev–Trinajstić information content (AvgIpc) is 3.05. The zero-order chi connectivity index (χ0) is 13.7. The van der Waals surface area contributed by atoms with Crippen molar-refractivity contribution in [2.75, 3.05) is 20.2 Å². The summed E-state index contributed by atoms with van der Waals surface area (Å²) in [7, 11) is 1.70. The van der Waals surface area contributed by atoms with E-state index in [-0.39, 0.29) is 11.5 Å². The first kappa shape index (κ1) is 14.5. The molecule has 5 nitrogen and oxygen atoms in total. The number of nitrogens with one attached hydrogen (secondary N) is 1. The molecule has 0 bridgehead atoms. The number of aromatic nitrogens is 2. The van der Waals surface area contributed by atoms with Crippen molar-refractivity contribution in [2.45, 2.75) is 57.5 Å². The molecule has 0 aliphatic carbocycles.